The highest BCUT2D eigenvalue weighted by atomic mass is 16.5. The van der Waals surface area contributed by atoms with Crippen LogP contribution in [0, 0.1) is 0 Å². The SMILES string of the molecule is COc1ccnc(OC)n1.O[B]O. The normalized spacial score (nSPS) is 8.00. The third kappa shape index (κ3) is 4.99. The molecule has 0 saturated carbocycles. The van der Waals surface area contributed by atoms with Crippen molar-refractivity contribution in [3.63, 3.8) is 0 Å². The summed E-state index contributed by atoms with van der Waals surface area (Å²) in [5.41, 5.74) is 0. The van der Waals surface area contributed by atoms with Gasteiger partial charge in [-0.2, -0.15) is 4.98 Å². The Labute approximate surface area is 76.5 Å². The number of aromatic nitrogens is 2. The zero-order valence-corrected chi connectivity index (χ0v) is 7.34. The third-order valence-corrected chi connectivity index (χ3v) is 1.000. The van der Waals surface area contributed by atoms with Gasteiger partial charge in [0.15, 0.2) is 0 Å². The Morgan fingerprint density at radius 2 is 1.92 bits per heavy atom. The van der Waals surface area contributed by atoms with Gasteiger partial charge in [0, 0.05) is 12.3 Å². The second kappa shape index (κ2) is 7.32. The van der Waals surface area contributed by atoms with Crippen LogP contribution >= 0.6 is 0 Å². The molecular formula is C6H10BN2O4. The lowest BCUT2D eigenvalue weighted by Crippen LogP contribution is -1.93. The van der Waals surface area contributed by atoms with Crippen molar-refractivity contribution < 1.29 is 19.5 Å². The molecule has 0 bridgehead atoms. The molecule has 0 saturated heterocycles. The fraction of sp³-hybridized carbons (Fsp3) is 0.333. The molecule has 6 nitrogen and oxygen atoms in total. The number of rotatable bonds is 2. The Hall–Kier alpha value is -1.34. The largest absolute Gasteiger partial charge is 0.482 e. The van der Waals surface area contributed by atoms with E-state index in [1.165, 1.54) is 7.11 Å². The van der Waals surface area contributed by atoms with Gasteiger partial charge in [0.05, 0.1) is 14.2 Å². The average Bonchev–Trinajstić information content (AvgIpc) is 2.19. The first kappa shape index (κ1) is 11.7. The summed E-state index contributed by atoms with van der Waals surface area (Å²) in [6, 6.07) is 1.97. The van der Waals surface area contributed by atoms with Gasteiger partial charge in [0.25, 0.3) is 0 Å². The van der Waals surface area contributed by atoms with Crippen molar-refractivity contribution >= 4 is 7.69 Å². The summed E-state index contributed by atoms with van der Waals surface area (Å²) in [7, 11) is 3.05. The van der Waals surface area contributed by atoms with E-state index in [1.54, 1.807) is 19.4 Å². The molecule has 71 valence electrons. The first-order valence-electron chi connectivity index (χ1n) is 3.29. The minimum atomic E-state index is 0. The molecular weight excluding hydrogens is 175 g/mol. The molecule has 0 aromatic carbocycles. The summed E-state index contributed by atoms with van der Waals surface area (Å²) in [4.78, 5) is 7.65. The molecule has 0 aliphatic heterocycles. The lowest BCUT2D eigenvalue weighted by Gasteiger charge is -1.98. The Morgan fingerprint density at radius 3 is 2.38 bits per heavy atom. The molecule has 1 aromatic rings. The average molecular weight is 185 g/mol. The Morgan fingerprint density at radius 1 is 1.31 bits per heavy atom. The number of nitrogens with zero attached hydrogens (tertiary/aromatic N) is 2. The van der Waals surface area contributed by atoms with E-state index >= 15 is 0 Å². The monoisotopic (exact) mass is 185 g/mol. The van der Waals surface area contributed by atoms with Gasteiger partial charge < -0.3 is 19.5 Å². The van der Waals surface area contributed by atoms with E-state index in [0.29, 0.717) is 11.9 Å². The second-order valence-corrected chi connectivity index (χ2v) is 1.70. The Balaban J connectivity index is 0.000000424. The van der Waals surface area contributed by atoms with Crippen molar-refractivity contribution in [2.45, 2.75) is 0 Å². The highest BCUT2D eigenvalue weighted by Crippen LogP contribution is 2.07. The minimum Gasteiger partial charge on any atom is -0.481 e. The maximum Gasteiger partial charge on any atom is 0.482 e. The number of methoxy groups -OCH3 is 2. The van der Waals surface area contributed by atoms with E-state index in [0.717, 1.165) is 0 Å². The molecule has 0 amide bonds. The molecule has 0 aliphatic carbocycles. The van der Waals surface area contributed by atoms with Crippen molar-refractivity contribution in [2.24, 2.45) is 0 Å². The molecule has 2 N–H and O–H groups in total. The lowest BCUT2D eigenvalue weighted by molar-refractivity contribution is 0.352. The van der Waals surface area contributed by atoms with Crippen LogP contribution in [0.1, 0.15) is 0 Å². The van der Waals surface area contributed by atoms with Crippen LogP contribution in [-0.2, 0) is 0 Å². The highest BCUT2D eigenvalue weighted by molar-refractivity contribution is 6.13. The molecule has 0 fully saturated rings. The predicted octanol–water partition coefficient (Wildman–Crippen LogP) is -1.00. The van der Waals surface area contributed by atoms with E-state index in [2.05, 4.69) is 9.97 Å². The molecule has 7 heteroatoms. The zero-order valence-electron chi connectivity index (χ0n) is 7.34. The van der Waals surface area contributed by atoms with Gasteiger partial charge in [-0.3, -0.25) is 0 Å². The zero-order chi connectivity index (χ0) is 10.1. The molecule has 1 radical (unpaired) electrons. The van der Waals surface area contributed by atoms with Gasteiger partial charge in [-0.25, -0.2) is 4.98 Å². The molecule has 0 aliphatic rings. The minimum absolute atomic E-state index is 0. The van der Waals surface area contributed by atoms with Crippen molar-refractivity contribution in [1.29, 1.82) is 0 Å². The first-order chi connectivity index (χ1) is 6.28. The maximum atomic E-state index is 7.00. The molecule has 0 atom stereocenters. The summed E-state index contributed by atoms with van der Waals surface area (Å²) in [5.74, 6) is 0.506. The van der Waals surface area contributed by atoms with E-state index in [1.807, 2.05) is 0 Å². The molecule has 1 rings (SSSR count). The van der Waals surface area contributed by atoms with Gasteiger partial charge in [-0.15, -0.1) is 0 Å². The molecule has 0 spiro atoms. The summed E-state index contributed by atoms with van der Waals surface area (Å²) in [5, 5.41) is 14.0. The maximum absolute atomic E-state index is 7.00. The van der Waals surface area contributed by atoms with Gasteiger partial charge >= 0.3 is 13.7 Å². The van der Waals surface area contributed by atoms with E-state index < -0.39 is 0 Å². The molecule has 1 aromatic heterocycles. The highest BCUT2D eigenvalue weighted by Gasteiger charge is 1.95. The van der Waals surface area contributed by atoms with Crippen LogP contribution in [0.5, 0.6) is 11.9 Å². The van der Waals surface area contributed by atoms with Crippen molar-refractivity contribution in [1.82, 2.24) is 9.97 Å². The fourth-order valence-electron chi connectivity index (χ4n) is 0.537. The molecule has 13 heavy (non-hydrogen) atoms. The first-order valence-corrected chi connectivity index (χ1v) is 3.29. The van der Waals surface area contributed by atoms with Crippen molar-refractivity contribution in [3.8, 4) is 11.9 Å². The summed E-state index contributed by atoms with van der Waals surface area (Å²) >= 11 is 0. The summed E-state index contributed by atoms with van der Waals surface area (Å²) < 4.78 is 9.58. The van der Waals surface area contributed by atoms with Crippen LogP contribution in [0.3, 0.4) is 0 Å². The standard InChI is InChI=1S/C6H8N2O2.BH2O2/c1-9-5-3-4-7-6(8-5)10-2;2-1-3/h3-4H,1-2H3;2-3H. The lowest BCUT2D eigenvalue weighted by atomic mass is 10.5. The van der Waals surface area contributed by atoms with E-state index in [4.69, 9.17) is 19.5 Å². The van der Waals surface area contributed by atoms with Crippen molar-refractivity contribution in [2.75, 3.05) is 14.2 Å². The van der Waals surface area contributed by atoms with E-state index in [-0.39, 0.29) is 7.69 Å². The number of hydrogen-bond acceptors (Lipinski definition) is 6. The number of hydrogen-bond donors (Lipinski definition) is 2. The predicted molar refractivity (Wildman–Crippen MR) is 45.3 cm³/mol. The van der Waals surface area contributed by atoms with Crippen LogP contribution in [0.15, 0.2) is 12.3 Å². The number of ether oxygens (including phenoxy) is 2. The smallest absolute Gasteiger partial charge is 0.481 e. The fourth-order valence-corrected chi connectivity index (χ4v) is 0.537. The van der Waals surface area contributed by atoms with Crippen molar-refractivity contribution in [3.05, 3.63) is 12.3 Å². The van der Waals surface area contributed by atoms with Crippen LogP contribution in [0.25, 0.3) is 0 Å². The topological polar surface area (TPSA) is 84.7 Å². The summed E-state index contributed by atoms with van der Waals surface area (Å²) in [6.07, 6.45) is 1.57. The quantitative estimate of drug-likeness (QED) is 0.574. The van der Waals surface area contributed by atoms with Crippen LogP contribution in [0.2, 0.25) is 0 Å². The molecule has 0 unspecified atom stereocenters. The van der Waals surface area contributed by atoms with Crippen LogP contribution in [-0.4, -0.2) is 41.9 Å². The van der Waals surface area contributed by atoms with Gasteiger partial charge in [-0.1, -0.05) is 0 Å². The third-order valence-electron chi connectivity index (χ3n) is 1.000. The van der Waals surface area contributed by atoms with E-state index in [9.17, 15) is 0 Å². The van der Waals surface area contributed by atoms with Gasteiger partial charge in [-0.05, 0) is 0 Å². The Kier molecular flexibility index (Phi) is 6.57. The summed E-state index contributed by atoms with van der Waals surface area (Å²) in [6.45, 7) is 0. The van der Waals surface area contributed by atoms with Gasteiger partial charge in [0.1, 0.15) is 0 Å². The van der Waals surface area contributed by atoms with Gasteiger partial charge in [0.2, 0.25) is 5.88 Å². The second-order valence-electron chi connectivity index (χ2n) is 1.70. The van der Waals surface area contributed by atoms with Crippen LogP contribution < -0.4 is 9.47 Å². The Bertz CT molecular complexity index is 216. The molecule has 1 heterocycles. The van der Waals surface area contributed by atoms with Crippen LogP contribution in [0.4, 0.5) is 0 Å².